The van der Waals surface area contributed by atoms with E-state index < -0.39 is 11.4 Å². The van der Waals surface area contributed by atoms with E-state index in [-0.39, 0.29) is 17.7 Å². The molecule has 2 aliphatic rings. The number of aliphatic hydroxyl groups is 1. The van der Waals surface area contributed by atoms with Gasteiger partial charge in [0, 0.05) is 18.8 Å². The summed E-state index contributed by atoms with van der Waals surface area (Å²) < 4.78 is 6.95. The Bertz CT molecular complexity index is 1550. The number of aromatic amines is 1. The van der Waals surface area contributed by atoms with Crippen molar-refractivity contribution in [3.05, 3.63) is 34.4 Å². The molecule has 4 aromatic rings. The lowest BCUT2D eigenvalue weighted by atomic mass is 9.80. The smallest absolute Gasteiger partial charge is 0.386 e. The first-order chi connectivity index (χ1) is 19.2. The van der Waals surface area contributed by atoms with Crippen LogP contribution in [0.3, 0.4) is 0 Å². The Morgan fingerprint density at radius 1 is 1.18 bits per heavy atom. The minimum absolute atomic E-state index is 0.158. The average Bonchev–Trinajstić information content (AvgIpc) is 3.47. The normalized spacial score (nSPS) is 20.9. The van der Waals surface area contributed by atoms with E-state index in [1.807, 2.05) is 12.1 Å². The number of hydrogen-bond acceptors (Lipinski definition) is 9. The average molecular weight is 547 g/mol. The Hall–Kier alpha value is -3.60. The number of imidazole rings is 1. The van der Waals surface area contributed by atoms with E-state index in [2.05, 4.69) is 38.9 Å². The van der Waals surface area contributed by atoms with Gasteiger partial charge in [-0.2, -0.15) is 0 Å². The van der Waals surface area contributed by atoms with E-state index in [0.717, 1.165) is 36.4 Å². The third-order valence-electron chi connectivity index (χ3n) is 8.75. The number of H-pyrrole nitrogens is 1. The number of nitrogens with one attached hydrogen (secondary N) is 2. The molecule has 0 aromatic carbocycles. The van der Waals surface area contributed by atoms with Crippen molar-refractivity contribution in [2.24, 2.45) is 17.8 Å². The van der Waals surface area contributed by atoms with Crippen molar-refractivity contribution in [3.63, 3.8) is 0 Å². The van der Waals surface area contributed by atoms with Gasteiger partial charge in [-0.25, -0.2) is 19.7 Å². The molecule has 4 heterocycles. The van der Waals surface area contributed by atoms with Crippen LogP contribution in [-0.4, -0.2) is 45.8 Å². The minimum Gasteiger partial charge on any atom is -0.386 e. The lowest BCUT2D eigenvalue weighted by Crippen LogP contribution is -2.31. The second-order valence-electron chi connectivity index (χ2n) is 12.3. The summed E-state index contributed by atoms with van der Waals surface area (Å²) >= 11 is 0. The van der Waals surface area contributed by atoms with Crippen molar-refractivity contribution in [3.8, 4) is 23.2 Å². The Kier molecular flexibility index (Phi) is 6.93. The summed E-state index contributed by atoms with van der Waals surface area (Å²) in [5.74, 6) is 2.88. The molecule has 1 atom stereocenters. The second kappa shape index (κ2) is 10.4. The predicted molar refractivity (Wildman–Crippen MR) is 151 cm³/mol. The van der Waals surface area contributed by atoms with E-state index in [1.54, 1.807) is 20.0 Å². The maximum atomic E-state index is 11.7. The fourth-order valence-electron chi connectivity index (χ4n) is 5.92. The fourth-order valence-corrected chi connectivity index (χ4v) is 5.92. The van der Waals surface area contributed by atoms with Gasteiger partial charge in [0.1, 0.15) is 11.2 Å². The zero-order chi connectivity index (χ0) is 28.0. The number of pyridine rings is 1. The first-order valence-corrected chi connectivity index (χ1v) is 14.5. The van der Waals surface area contributed by atoms with Gasteiger partial charge < -0.3 is 15.0 Å². The quantitative estimate of drug-likeness (QED) is 0.281. The molecule has 0 radical (unpaired) electrons. The van der Waals surface area contributed by atoms with Crippen molar-refractivity contribution >= 4 is 17.0 Å². The van der Waals surface area contributed by atoms with Gasteiger partial charge in [0.15, 0.2) is 17.3 Å². The third-order valence-corrected chi connectivity index (χ3v) is 8.75. The van der Waals surface area contributed by atoms with Gasteiger partial charge in [-0.3, -0.25) is 14.5 Å². The van der Waals surface area contributed by atoms with Crippen LogP contribution in [0.15, 0.2) is 27.6 Å². The molecule has 6 rings (SSSR count). The first kappa shape index (κ1) is 26.6. The Balaban J connectivity index is 1.53. The maximum Gasteiger partial charge on any atom is 0.439 e. The van der Waals surface area contributed by atoms with Crippen LogP contribution in [0.5, 0.6) is 0 Å². The molecular weight excluding hydrogens is 508 g/mol. The highest BCUT2D eigenvalue weighted by molar-refractivity contribution is 5.88. The van der Waals surface area contributed by atoms with Gasteiger partial charge in [0.05, 0.1) is 5.60 Å². The summed E-state index contributed by atoms with van der Waals surface area (Å²) in [7, 11) is 0. The molecule has 40 heavy (non-hydrogen) atoms. The highest BCUT2D eigenvalue weighted by atomic mass is 16.5. The van der Waals surface area contributed by atoms with Crippen LogP contribution in [0.1, 0.15) is 78.2 Å². The van der Waals surface area contributed by atoms with Crippen molar-refractivity contribution in [1.82, 2.24) is 34.6 Å². The van der Waals surface area contributed by atoms with Gasteiger partial charge in [-0.1, -0.05) is 31.3 Å². The topological polar surface area (TPSA) is 148 Å². The molecule has 212 valence electrons. The van der Waals surface area contributed by atoms with Gasteiger partial charge in [0.2, 0.25) is 11.6 Å². The van der Waals surface area contributed by atoms with Crippen molar-refractivity contribution < 1.29 is 9.63 Å². The standard InChI is InChI=1S/C29H38N8O3/c1-16-8-10-18(11-9-16)15-37-22-23(31-17(2)19-6-5-7-19)32-25(26-35-28(38)40-36-26)33-24(22)34-27(37)21-14-20(12-13-30-21)29(3,4)39/h12-14,16-19,39H,5-11,15H2,1-4H3,(H,31,32,33)(H,35,36,38)/t16-,17-,18-/m1/s1. The number of anilines is 1. The molecule has 0 unspecified atom stereocenters. The fraction of sp³-hybridized carbons (Fsp3) is 0.586. The van der Waals surface area contributed by atoms with Gasteiger partial charge >= 0.3 is 5.76 Å². The molecule has 2 aliphatic carbocycles. The second-order valence-corrected chi connectivity index (χ2v) is 12.3. The van der Waals surface area contributed by atoms with Crippen LogP contribution < -0.4 is 11.1 Å². The summed E-state index contributed by atoms with van der Waals surface area (Å²) in [5.41, 5.74) is 1.70. The summed E-state index contributed by atoms with van der Waals surface area (Å²) in [6, 6.07) is 3.93. The molecule has 4 aromatic heterocycles. The van der Waals surface area contributed by atoms with Crippen LogP contribution >= 0.6 is 0 Å². The molecule has 3 N–H and O–H groups in total. The highest BCUT2D eigenvalue weighted by Gasteiger charge is 2.29. The lowest BCUT2D eigenvalue weighted by Gasteiger charge is -2.32. The molecule has 2 fully saturated rings. The summed E-state index contributed by atoms with van der Waals surface area (Å²) in [5, 5.41) is 18.2. The molecule has 0 saturated heterocycles. The minimum atomic E-state index is -1.02. The molecular formula is C29H38N8O3. The largest absolute Gasteiger partial charge is 0.439 e. The van der Waals surface area contributed by atoms with E-state index in [4.69, 9.17) is 19.5 Å². The molecule has 0 amide bonds. The first-order valence-electron chi connectivity index (χ1n) is 14.5. The maximum absolute atomic E-state index is 11.7. The zero-order valence-corrected chi connectivity index (χ0v) is 23.6. The Labute approximate surface area is 232 Å². The highest BCUT2D eigenvalue weighted by Crippen LogP contribution is 2.37. The predicted octanol–water partition coefficient (Wildman–Crippen LogP) is 4.89. The summed E-state index contributed by atoms with van der Waals surface area (Å²) in [6.45, 7) is 8.81. The molecule has 0 aliphatic heterocycles. The van der Waals surface area contributed by atoms with Gasteiger partial charge in [-0.15, -0.1) is 0 Å². The molecule has 11 nitrogen and oxygen atoms in total. The number of aromatic nitrogens is 7. The van der Waals surface area contributed by atoms with Gasteiger partial charge in [0.25, 0.3) is 0 Å². The molecule has 0 bridgehead atoms. The molecule has 2 saturated carbocycles. The Morgan fingerprint density at radius 3 is 2.60 bits per heavy atom. The van der Waals surface area contributed by atoms with E-state index >= 15 is 0 Å². The third kappa shape index (κ3) is 5.26. The van der Waals surface area contributed by atoms with Crippen molar-refractivity contribution in [1.29, 1.82) is 0 Å². The van der Waals surface area contributed by atoms with Crippen LogP contribution in [0.2, 0.25) is 0 Å². The van der Waals surface area contributed by atoms with Crippen molar-refractivity contribution in [2.75, 3.05) is 5.32 Å². The van der Waals surface area contributed by atoms with Crippen LogP contribution in [-0.2, 0) is 12.1 Å². The van der Waals surface area contributed by atoms with Crippen LogP contribution in [0.25, 0.3) is 34.3 Å². The molecule has 11 heteroatoms. The monoisotopic (exact) mass is 546 g/mol. The van der Waals surface area contributed by atoms with Crippen molar-refractivity contribution in [2.45, 2.75) is 90.8 Å². The Morgan fingerprint density at radius 2 is 1.95 bits per heavy atom. The van der Waals surface area contributed by atoms with Gasteiger partial charge in [-0.05, 0) is 81.9 Å². The van der Waals surface area contributed by atoms with E-state index in [9.17, 15) is 9.90 Å². The number of nitrogens with zero attached hydrogens (tertiary/aromatic N) is 6. The van der Waals surface area contributed by atoms with Crippen LogP contribution in [0, 0.1) is 17.8 Å². The van der Waals surface area contributed by atoms with Crippen LogP contribution in [0.4, 0.5) is 5.82 Å². The summed E-state index contributed by atoms with van der Waals surface area (Å²) in [4.78, 5) is 33.6. The molecule has 0 spiro atoms. The number of hydrogen-bond donors (Lipinski definition) is 3. The van der Waals surface area contributed by atoms with E-state index in [0.29, 0.717) is 34.8 Å². The van der Waals surface area contributed by atoms with E-state index in [1.165, 1.54) is 32.1 Å². The number of rotatable bonds is 8. The lowest BCUT2D eigenvalue weighted by molar-refractivity contribution is 0.0785. The summed E-state index contributed by atoms with van der Waals surface area (Å²) in [6.07, 6.45) is 10.0. The zero-order valence-electron chi connectivity index (χ0n) is 23.6. The SMILES string of the molecule is C[C@@H](Nc1nc(-c2noc(=O)[nH]2)nc2nc(-c3cc(C(C)(C)O)ccn3)n(C[C@H]3CC[C@H](C)CC3)c12)C1CCC1. The number of fused-ring (bicyclic) bond motifs is 1.